The molecule has 1 aromatic heterocycles. The number of anilines is 1. The average molecular weight is 301 g/mol. The van der Waals surface area contributed by atoms with Crippen molar-refractivity contribution in [2.45, 2.75) is 47.2 Å². The number of hydrogen-bond acceptors (Lipinski definition) is 4. The summed E-state index contributed by atoms with van der Waals surface area (Å²) < 4.78 is 1.61. The molecule has 6 nitrogen and oxygen atoms in total. The molecule has 118 valence electrons. The molecule has 0 fully saturated rings. The summed E-state index contributed by atoms with van der Waals surface area (Å²) in [6, 6.07) is 3.66. The second-order valence-electron chi connectivity index (χ2n) is 5.71. The molecular formula is C16H23N5O. The van der Waals surface area contributed by atoms with Gasteiger partial charge in [-0.05, 0) is 45.7 Å². The number of carbonyl (C=O) groups excluding carboxylic acids is 1. The molecule has 3 N–H and O–H groups in total. The number of hydrogen-bond donors (Lipinski definition) is 2. The minimum absolute atomic E-state index is 0.119. The van der Waals surface area contributed by atoms with Crippen molar-refractivity contribution < 1.29 is 4.79 Å². The third kappa shape index (κ3) is 3.01. The molecule has 0 bridgehead atoms. The maximum Gasteiger partial charge on any atom is 0.249 e. The van der Waals surface area contributed by atoms with Crippen LogP contribution in [-0.4, -0.2) is 20.9 Å². The first kappa shape index (κ1) is 16.2. The van der Waals surface area contributed by atoms with E-state index < -0.39 is 6.04 Å². The van der Waals surface area contributed by atoms with Crippen LogP contribution in [0.3, 0.4) is 0 Å². The lowest BCUT2D eigenvalue weighted by Gasteiger charge is -2.17. The summed E-state index contributed by atoms with van der Waals surface area (Å²) in [5.74, 6) is -0.119. The van der Waals surface area contributed by atoms with Crippen LogP contribution in [0.15, 0.2) is 12.1 Å². The molecule has 0 saturated carbocycles. The standard InChI is InChI=1S/C16H23N5O/c1-9-6-10(2)15(11(3)7-9)18-16(22)13(5)21-12(4)14(8-17)19-20-21/h6-7,13H,8,17H2,1-5H3,(H,18,22). The van der Waals surface area contributed by atoms with Gasteiger partial charge in [0.2, 0.25) is 5.91 Å². The van der Waals surface area contributed by atoms with E-state index in [1.807, 2.05) is 27.7 Å². The van der Waals surface area contributed by atoms with Gasteiger partial charge in [0.1, 0.15) is 6.04 Å². The van der Waals surface area contributed by atoms with E-state index in [2.05, 4.69) is 27.8 Å². The first-order valence-corrected chi connectivity index (χ1v) is 7.34. The number of benzene rings is 1. The topological polar surface area (TPSA) is 85.8 Å². The second kappa shape index (κ2) is 6.27. The van der Waals surface area contributed by atoms with Crippen LogP contribution < -0.4 is 11.1 Å². The van der Waals surface area contributed by atoms with Crippen LogP contribution >= 0.6 is 0 Å². The van der Waals surface area contributed by atoms with Crippen molar-refractivity contribution >= 4 is 11.6 Å². The predicted octanol–water partition coefficient (Wildman–Crippen LogP) is 2.17. The summed E-state index contributed by atoms with van der Waals surface area (Å²) in [5.41, 5.74) is 11.3. The van der Waals surface area contributed by atoms with E-state index >= 15 is 0 Å². The summed E-state index contributed by atoms with van der Waals surface area (Å²) in [6.45, 7) is 10.0. The highest BCUT2D eigenvalue weighted by Gasteiger charge is 2.21. The average Bonchev–Trinajstić information content (AvgIpc) is 2.82. The first-order chi connectivity index (χ1) is 10.3. The van der Waals surface area contributed by atoms with Crippen molar-refractivity contribution in [1.29, 1.82) is 0 Å². The van der Waals surface area contributed by atoms with E-state index in [1.165, 1.54) is 5.56 Å². The Bertz CT molecular complexity index is 682. The molecule has 6 heteroatoms. The third-order valence-electron chi connectivity index (χ3n) is 3.89. The van der Waals surface area contributed by atoms with E-state index in [0.717, 1.165) is 22.5 Å². The Labute approximate surface area is 130 Å². The molecule has 0 aliphatic rings. The van der Waals surface area contributed by atoms with Crippen LogP contribution in [-0.2, 0) is 11.3 Å². The molecule has 2 aromatic rings. The minimum Gasteiger partial charge on any atom is -0.325 e. The van der Waals surface area contributed by atoms with Gasteiger partial charge in [0, 0.05) is 12.2 Å². The highest BCUT2D eigenvalue weighted by molar-refractivity contribution is 5.94. The molecular weight excluding hydrogens is 278 g/mol. The van der Waals surface area contributed by atoms with Crippen molar-refractivity contribution in [3.63, 3.8) is 0 Å². The summed E-state index contributed by atoms with van der Waals surface area (Å²) in [6.07, 6.45) is 0. The first-order valence-electron chi connectivity index (χ1n) is 7.34. The van der Waals surface area contributed by atoms with Gasteiger partial charge in [-0.15, -0.1) is 5.10 Å². The molecule has 2 rings (SSSR count). The van der Waals surface area contributed by atoms with Crippen molar-refractivity contribution in [2.24, 2.45) is 5.73 Å². The maximum atomic E-state index is 12.5. The van der Waals surface area contributed by atoms with Gasteiger partial charge in [0.05, 0.1) is 11.4 Å². The smallest absolute Gasteiger partial charge is 0.249 e. The van der Waals surface area contributed by atoms with Crippen molar-refractivity contribution in [1.82, 2.24) is 15.0 Å². The van der Waals surface area contributed by atoms with Gasteiger partial charge in [-0.1, -0.05) is 22.9 Å². The molecule has 0 spiro atoms. The van der Waals surface area contributed by atoms with Gasteiger partial charge in [-0.2, -0.15) is 0 Å². The number of nitrogens with zero attached hydrogens (tertiary/aromatic N) is 3. The number of carbonyl (C=O) groups is 1. The lowest BCUT2D eigenvalue weighted by molar-refractivity contribution is -0.119. The minimum atomic E-state index is -0.451. The molecule has 1 aromatic carbocycles. The van der Waals surface area contributed by atoms with Crippen molar-refractivity contribution in [3.8, 4) is 0 Å². The van der Waals surface area contributed by atoms with Crippen LogP contribution in [0.2, 0.25) is 0 Å². The van der Waals surface area contributed by atoms with E-state index in [9.17, 15) is 4.79 Å². The molecule has 0 saturated heterocycles. The Kier molecular flexibility index (Phi) is 4.61. The molecule has 0 aliphatic carbocycles. The molecule has 0 radical (unpaired) electrons. The molecule has 0 aliphatic heterocycles. The van der Waals surface area contributed by atoms with Gasteiger partial charge in [0.25, 0.3) is 0 Å². The van der Waals surface area contributed by atoms with Gasteiger partial charge in [0.15, 0.2) is 0 Å². The fourth-order valence-electron chi connectivity index (χ4n) is 2.65. The highest BCUT2D eigenvalue weighted by atomic mass is 16.2. The van der Waals surface area contributed by atoms with E-state index in [0.29, 0.717) is 12.2 Å². The lowest BCUT2D eigenvalue weighted by Crippen LogP contribution is -2.26. The van der Waals surface area contributed by atoms with Crippen LogP contribution in [0.5, 0.6) is 0 Å². The van der Waals surface area contributed by atoms with Gasteiger partial charge in [-0.25, -0.2) is 4.68 Å². The van der Waals surface area contributed by atoms with Gasteiger partial charge < -0.3 is 11.1 Å². The molecule has 22 heavy (non-hydrogen) atoms. The van der Waals surface area contributed by atoms with Crippen LogP contribution in [0.4, 0.5) is 5.69 Å². The van der Waals surface area contributed by atoms with E-state index in [-0.39, 0.29) is 5.91 Å². The van der Waals surface area contributed by atoms with Crippen molar-refractivity contribution in [2.75, 3.05) is 5.32 Å². The zero-order valence-electron chi connectivity index (χ0n) is 13.8. The highest BCUT2D eigenvalue weighted by Crippen LogP contribution is 2.23. The summed E-state index contributed by atoms with van der Waals surface area (Å²) in [7, 11) is 0. The monoisotopic (exact) mass is 301 g/mol. The largest absolute Gasteiger partial charge is 0.325 e. The molecule has 1 atom stereocenters. The summed E-state index contributed by atoms with van der Waals surface area (Å²) in [4.78, 5) is 12.5. The van der Waals surface area contributed by atoms with E-state index in [4.69, 9.17) is 5.73 Å². The Morgan fingerprint density at radius 3 is 2.36 bits per heavy atom. The number of aromatic nitrogens is 3. The lowest BCUT2D eigenvalue weighted by atomic mass is 10.0. The summed E-state index contributed by atoms with van der Waals surface area (Å²) >= 11 is 0. The second-order valence-corrected chi connectivity index (χ2v) is 5.71. The van der Waals surface area contributed by atoms with Crippen molar-refractivity contribution in [3.05, 3.63) is 40.2 Å². The Balaban J connectivity index is 2.24. The Morgan fingerprint density at radius 2 is 1.86 bits per heavy atom. The fourth-order valence-corrected chi connectivity index (χ4v) is 2.65. The number of nitrogens with two attached hydrogens (primary N) is 1. The number of nitrogens with one attached hydrogen (secondary N) is 1. The van der Waals surface area contributed by atoms with Crippen LogP contribution in [0.25, 0.3) is 0 Å². The van der Waals surface area contributed by atoms with Gasteiger partial charge >= 0.3 is 0 Å². The Morgan fingerprint density at radius 1 is 1.27 bits per heavy atom. The van der Waals surface area contributed by atoms with E-state index in [1.54, 1.807) is 11.6 Å². The fraction of sp³-hybridized carbons (Fsp3) is 0.438. The molecule has 1 amide bonds. The van der Waals surface area contributed by atoms with Crippen LogP contribution in [0.1, 0.15) is 41.0 Å². The summed E-state index contributed by atoms with van der Waals surface area (Å²) in [5, 5.41) is 11.0. The third-order valence-corrected chi connectivity index (χ3v) is 3.89. The number of rotatable bonds is 4. The van der Waals surface area contributed by atoms with Gasteiger partial charge in [-0.3, -0.25) is 4.79 Å². The predicted molar refractivity (Wildman–Crippen MR) is 86.6 cm³/mol. The SMILES string of the molecule is Cc1cc(C)c(NC(=O)C(C)n2nnc(CN)c2C)c(C)c1. The maximum absolute atomic E-state index is 12.5. The van der Waals surface area contributed by atoms with Crippen LogP contribution in [0, 0.1) is 27.7 Å². The zero-order valence-corrected chi connectivity index (χ0v) is 13.8. The quantitative estimate of drug-likeness (QED) is 0.906. The molecule has 1 heterocycles. The molecule has 1 unspecified atom stereocenters. The zero-order chi connectivity index (χ0) is 16.4. The Hall–Kier alpha value is -2.21. The number of aryl methyl sites for hydroxylation is 3. The normalized spacial score (nSPS) is 12.3. The number of amides is 1.